The van der Waals surface area contributed by atoms with Crippen LogP contribution in [-0.4, -0.2) is 150 Å². The van der Waals surface area contributed by atoms with E-state index >= 15 is 0 Å². The standard InChI is InChI=1S/C42H72O14/c1-37(2)24-11-15-40(6)25(10-9-20-28(21(45)17-41(20,40)7)42(8)16-13-27(56-42)38(3,4)51)39(24,5)14-12-26(37)54-36-34(32(49)30(47)23(19-44)53-36)55-35-33(50)31(48)29(46)22(18-43)52-35/h20-36,43-51H,9-19H2,1-8H3/t20?,21-,22-,23-,24?,25?,26+,27+,28-,29-,30-,31+,32+,33-,34-,35+,36+,39+,40-,41-,42+/m1/s1. The van der Waals surface area contributed by atoms with E-state index in [1.807, 2.05) is 13.8 Å². The molecular weight excluding hydrogens is 728 g/mol. The van der Waals surface area contributed by atoms with Gasteiger partial charge in [-0.3, -0.25) is 0 Å². The van der Waals surface area contributed by atoms with Crippen molar-refractivity contribution in [1.29, 1.82) is 0 Å². The van der Waals surface area contributed by atoms with Crippen LogP contribution in [0.2, 0.25) is 0 Å². The van der Waals surface area contributed by atoms with E-state index in [-0.39, 0.29) is 40.3 Å². The molecule has 21 atom stereocenters. The first-order valence-electron chi connectivity index (χ1n) is 21.3. The van der Waals surface area contributed by atoms with Crippen molar-refractivity contribution in [2.75, 3.05) is 13.2 Å². The lowest BCUT2D eigenvalue weighted by molar-refractivity contribution is -0.378. The first-order valence-corrected chi connectivity index (χ1v) is 21.3. The quantitative estimate of drug-likeness (QED) is 0.158. The van der Waals surface area contributed by atoms with E-state index in [9.17, 15) is 46.0 Å². The highest BCUT2D eigenvalue weighted by Gasteiger charge is 2.72. The molecule has 56 heavy (non-hydrogen) atoms. The molecule has 324 valence electrons. The van der Waals surface area contributed by atoms with Crippen LogP contribution in [0, 0.1) is 45.3 Å². The van der Waals surface area contributed by atoms with Crippen molar-refractivity contribution in [2.45, 2.75) is 204 Å². The molecule has 0 aromatic carbocycles. The average Bonchev–Trinajstić information content (AvgIpc) is 3.66. The van der Waals surface area contributed by atoms with Gasteiger partial charge in [0, 0.05) is 5.92 Å². The fraction of sp³-hybridized carbons (Fsp3) is 1.00. The van der Waals surface area contributed by atoms with E-state index in [1.165, 1.54) is 0 Å². The molecule has 4 aliphatic carbocycles. The second-order valence-electron chi connectivity index (χ2n) is 21.1. The number of aliphatic hydroxyl groups is 9. The number of aliphatic hydroxyl groups excluding tert-OH is 8. The van der Waals surface area contributed by atoms with E-state index in [0.29, 0.717) is 18.3 Å². The number of ether oxygens (including phenoxy) is 5. The third-order valence-corrected chi connectivity index (χ3v) is 17.4. The Hall–Kier alpha value is -0.560. The first-order chi connectivity index (χ1) is 26.0. The normalized spacial score (nSPS) is 56.0. The van der Waals surface area contributed by atoms with Gasteiger partial charge in [0.05, 0.1) is 42.7 Å². The van der Waals surface area contributed by atoms with Crippen LogP contribution in [-0.2, 0) is 23.7 Å². The highest BCUT2D eigenvalue weighted by Crippen LogP contribution is 2.76. The summed E-state index contributed by atoms with van der Waals surface area (Å²) in [5, 5.41) is 96.2. The van der Waals surface area contributed by atoms with Crippen molar-refractivity contribution < 1.29 is 69.6 Å². The van der Waals surface area contributed by atoms with Crippen LogP contribution in [0.15, 0.2) is 0 Å². The van der Waals surface area contributed by atoms with Crippen LogP contribution in [0.5, 0.6) is 0 Å². The Labute approximate surface area is 331 Å². The summed E-state index contributed by atoms with van der Waals surface area (Å²) >= 11 is 0. The minimum absolute atomic E-state index is 0.00557. The minimum Gasteiger partial charge on any atom is -0.394 e. The monoisotopic (exact) mass is 800 g/mol. The van der Waals surface area contributed by atoms with Crippen LogP contribution < -0.4 is 0 Å². The number of rotatable bonds is 8. The van der Waals surface area contributed by atoms with Crippen molar-refractivity contribution in [3.05, 3.63) is 0 Å². The Kier molecular flexibility index (Phi) is 11.5. The van der Waals surface area contributed by atoms with Gasteiger partial charge >= 0.3 is 0 Å². The van der Waals surface area contributed by atoms with Gasteiger partial charge in [0.1, 0.15) is 48.8 Å². The van der Waals surface area contributed by atoms with E-state index < -0.39 is 97.3 Å². The molecule has 0 aromatic heterocycles. The fourth-order valence-electron chi connectivity index (χ4n) is 14.2. The van der Waals surface area contributed by atoms with E-state index in [2.05, 4.69) is 41.5 Å². The lowest BCUT2D eigenvalue weighted by Crippen LogP contribution is -2.66. The molecule has 9 N–H and O–H groups in total. The summed E-state index contributed by atoms with van der Waals surface area (Å²) in [7, 11) is 0. The zero-order valence-corrected chi connectivity index (χ0v) is 34.7. The maximum absolute atomic E-state index is 11.9. The Morgan fingerprint density at radius 1 is 0.643 bits per heavy atom. The second kappa shape index (κ2) is 14.8. The van der Waals surface area contributed by atoms with E-state index in [1.54, 1.807) is 0 Å². The SMILES string of the molecule is CC(C)(O)[C@@H]1CC[C@@](C)([C@@H]2C3CCC4[C@@]5(C)CC[C@H](O[C@@H]6O[C@H](CO)[C@@H](O)[C@H](O)[C@H]6O[C@@H]6O[C@H](CO)[C@@H](O)[C@H](O)[C@H]6O)C(C)(C)C5CC[C@@]4(C)[C@]3(C)C[C@H]2O)O1. The smallest absolute Gasteiger partial charge is 0.187 e. The molecule has 0 radical (unpaired) electrons. The summed E-state index contributed by atoms with van der Waals surface area (Å²) in [6, 6.07) is 0. The maximum Gasteiger partial charge on any atom is 0.187 e. The van der Waals surface area contributed by atoms with Crippen molar-refractivity contribution in [3.63, 3.8) is 0 Å². The molecule has 4 saturated carbocycles. The number of hydrogen-bond donors (Lipinski definition) is 9. The summed E-state index contributed by atoms with van der Waals surface area (Å²) < 4.78 is 31.1. The van der Waals surface area contributed by atoms with Crippen molar-refractivity contribution >= 4 is 0 Å². The van der Waals surface area contributed by atoms with Crippen LogP contribution in [0.4, 0.5) is 0 Å². The van der Waals surface area contributed by atoms with Gasteiger partial charge in [0.15, 0.2) is 12.6 Å². The predicted molar refractivity (Wildman–Crippen MR) is 200 cm³/mol. The largest absolute Gasteiger partial charge is 0.394 e. The second-order valence-corrected chi connectivity index (χ2v) is 21.1. The Bertz CT molecular complexity index is 1410. The van der Waals surface area contributed by atoms with Gasteiger partial charge in [-0.15, -0.1) is 0 Å². The van der Waals surface area contributed by atoms with Gasteiger partial charge in [0.2, 0.25) is 0 Å². The van der Waals surface area contributed by atoms with Gasteiger partial charge in [-0.1, -0.05) is 34.6 Å². The summed E-state index contributed by atoms with van der Waals surface area (Å²) in [6.07, 6.45) is -8.32. The minimum atomic E-state index is -1.75. The molecule has 3 saturated heterocycles. The van der Waals surface area contributed by atoms with Gasteiger partial charge in [-0.05, 0) is 118 Å². The maximum atomic E-state index is 11.9. The lowest BCUT2D eigenvalue weighted by atomic mass is 9.35. The van der Waals surface area contributed by atoms with Crippen molar-refractivity contribution in [2.24, 2.45) is 45.3 Å². The molecule has 0 spiro atoms. The fourth-order valence-corrected chi connectivity index (χ4v) is 14.2. The Morgan fingerprint density at radius 3 is 1.88 bits per heavy atom. The molecule has 0 amide bonds. The Balaban J connectivity index is 1.11. The van der Waals surface area contributed by atoms with Crippen molar-refractivity contribution in [1.82, 2.24) is 0 Å². The number of fused-ring (bicyclic) bond motifs is 5. The van der Waals surface area contributed by atoms with Crippen LogP contribution in [0.1, 0.15) is 113 Å². The topological polar surface area (TPSA) is 228 Å². The predicted octanol–water partition coefficient (Wildman–Crippen LogP) is 1.36. The molecule has 14 heteroatoms. The molecule has 7 fully saturated rings. The van der Waals surface area contributed by atoms with Gasteiger partial charge in [-0.2, -0.15) is 0 Å². The summed E-state index contributed by atoms with van der Waals surface area (Å²) in [6.45, 7) is 16.3. The van der Waals surface area contributed by atoms with E-state index in [0.717, 1.165) is 51.4 Å². The highest BCUT2D eigenvalue weighted by atomic mass is 16.8. The molecule has 3 unspecified atom stereocenters. The van der Waals surface area contributed by atoms with Crippen LogP contribution >= 0.6 is 0 Å². The highest BCUT2D eigenvalue weighted by molar-refractivity contribution is 5.20. The molecular formula is C42H72O14. The molecule has 3 aliphatic heterocycles. The third-order valence-electron chi connectivity index (χ3n) is 17.4. The average molecular weight is 801 g/mol. The molecule has 14 nitrogen and oxygen atoms in total. The Morgan fingerprint density at radius 2 is 1.27 bits per heavy atom. The molecule has 0 bridgehead atoms. The lowest BCUT2D eigenvalue weighted by Gasteiger charge is -2.70. The van der Waals surface area contributed by atoms with Gasteiger partial charge in [-0.25, -0.2) is 0 Å². The summed E-state index contributed by atoms with van der Waals surface area (Å²) in [5.41, 5.74) is -2.02. The molecule has 3 heterocycles. The van der Waals surface area contributed by atoms with Crippen LogP contribution in [0.25, 0.3) is 0 Å². The number of hydrogen-bond acceptors (Lipinski definition) is 14. The molecule has 0 aromatic rings. The first kappa shape index (κ1) is 43.5. The van der Waals surface area contributed by atoms with Gasteiger partial charge < -0.3 is 69.6 Å². The van der Waals surface area contributed by atoms with E-state index in [4.69, 9.17) is 23.7 Å². The zero-order chi connectivity index (χ0) is 41.1. The molecule has 7 rings (SSSR count). The van der Waals surface area contributed by atoms with Gasteiger partial charge in [0.25, 0.3) is 0 Å². The molecule has 7 aliphatic rings. The zero-order valence-electron chi connectivity index (χ0n) is 34.7. The van der Waals surface area contributed by atoms with Crippen LogP contribution in [0.3, 0.4) is 0 Å². The van der Waals surface area contributed by atoms with Crippen molar-refractivity contribution in [3.8, 4) is 0 Å². The summed E-state index contributed by atoms with van der Waals surface area (Å²) in [4.78, 5) is 0. The summed E-state index contributed by atoms with van der Waals surface area (Å²) in [5.74, 6) is 0.929. The third kappa shape index (κ3) is 6.58.